The molecule has 0 aromatic carbocycles. The van der Waals surface area contributed by atoms with Crippen molar-refractivity contribution in [1.29, 1.82) is 0 Å². The predicted molar refractivity (Wildman–Crippen MR) is 116 cm³/mol. The minimum absolute atomic E-state index is 0.137. The lowest BCUT2D eigenvalue weighted by molar-refractivity contribution is -0.161. The summed E-state index contributed by atoms with van der Waals surface area (Å²) in [4.78, 5) is 23.0. The Hall–Kier alpha value is -1.16. The van der Waals surface area contributed by atoms with E-state index in [9.17, 15) is 14.7 Å². The van der Waals surface area contributed by atoms with E-state index in [2.05, 4.69) is 26.0 Å². The number of hydrogen-bond donors (Lipinski definition) is 1. The lowest BCUT2D eigenvalue weighted by Gasteiger charge is -2.14. The lowest BCUT2D eigenvalue weighted by Crippen LogP contribution is -2.20. The monoisotopic (exact) mass is 396 g/mol. The predicted octanol–water partition coefficient (Wildman–Crippen LogP) is 6.50. The van der Waals surface area contributed by atoms with Crippen LogP contribution in [0.1, 0.15) is 117 Å². The smallest absolute Gasteiger partial charge is 0.316 e. The summed E-state index contributed by atoms with van der Waals surface area (Å²) in [5, 5.41) is 9.92. The van der Waals surface area contributed by atoms with E-state index in [1.54, 1.807) is 0 Å². The molecule has 0 saturated heterocycles. The number of ether oxygens (including phenoxy) is 1. The van der Waals surface area contributed by atoms with Gasteiger partial charge < -0.3 is 9.84 Å². The van der Waals surface area contributed by atoms with E-state index in [0.717, 1.165) is 77.0 Å². The number of unbranched alkanes of at least 4 members (excludes halogenated alkanes) is 8. The molecule has 0 aromatic heterocycles. The molecule has 0 aromatic rings. The number of carbonyl (C=O) groups is 2. The number of hydrogen-bond acceptors (Lipinski definition) is 4. The first-order valence-corrected chi connectivity index (χ1v) is 11.6. The second-order valence-electron chi connectivity index (χ2n) is 7.95. The molecule has 0 spiro atoms. The average Bonchev–Trinajstić information content (AvgIpc) is 2.65. The molecule has 4 heteroatoms. The van der Waals surface area contributed by atoms with Gasteiger partial charge in [-0.3, -0.25) is 9.59 Å². The standard InChI is InChI=1S/C24H44O4/c1-4-6-8-15-19-23(26)20-16-13-11-9-10-12-14-18-22(17-7-5-2)24(27)28-21(3)25/h13,16,22-23,26H,4-12,14-15,17-20H2,1-3H3/t22?,23-/m1/s1. The van der Waals surface area contributed by atoms with E-state index < -0.39 is 5.97 Å². The van der Waals surface area contributed by atoms with Gasteiger partial charge in [-0.05, 0) is 38.5 Å². The third-order valence-corrected chi connectivity index (χ3v) is 5.12. The summed E-state index contributed by atoms with van der Waals surface area (Å²) in [6, 6.07) is 0. The highest BCUT2D eigenvalue weighted by atomic mass is 16.6. The van der Waals surface area contributed by atoms with Gasteiger partial charge >= 0.3 is 11.9 Å². The van der Waals surface area contributed by atoms with E-state index in [0.29, 0.717) is 0 Å². The number of esters is 2. The lowest BCUT2D eigenvalue weighted by atomic mass is 9.95. The van der Waals surface area contributed by atoms with Crippen LogP contribution in [0.3, 0.4) is 0 Å². The molecule has 0 aliphatic carbocycles. The van der Waals surface area contributed by atoms with E-state index in [4.69, 9.17) is 4.74 Å². The number of carbonyl (C=O) groups excluding carboxylic acids is 2. The third kappa shape index (κ3) is 17.0. The summed E-state index contributed by atoms with van der Waals surface area (Å²) in [7, 11) is 0. The van der Waals surface area contributed by atoms with Crippen LogP contribution < -0.4 is 0 Å². The van der Waals surface area contributed by atoms with Gasteiger partial charge in [-0.15, -0.1) is 0 Å². The van der Waals surface area contributed by atoms with Crippen LogP contribution in [0, 0.1) is 5.92 Å². The number of aliphatic hydroxyl groups excluding tert-OH is 1. The molecule has 0 radical (unpaired) electrons. The maximum atomic E-state index is 12.0. The Morgan fingerprint density at radius 2 is 1.43 bits per heavy atom. The number of allylic oxidation sites excluding steroid dienone is 1. The van der Waals surface area contributed by atoms with Crippen molar-refractivity contribution in [1.82, 2.24) is 0 Å². The maximum Gasteiger partial charge on any atom is 0.316 e. The van der Waals surface area contributed by atoms with Crippen molar-refractivity contribution in [3.63, 3.8) is 0 Å². The Bertz CT molecular complexity index is 417. The highest BCUT2D eigenvalue weighted by Crippen LogP contribution is 2.19. The molecule has 0 aliphatic rings. The first-order chi connectivity index (χ1) is 13.5. The van der Waals surface area contributed by atoms with Crippen LogP contribution in [0.4, 0.5) is 0 Å². The molecule has 0 aliphatic heterocycles. The van der Waals surface area contributed by atoms with Crippen molar-refractivity contribution in [2.45, 2.75) is 123 Å². The molecule has 0 heterocycles. The first-order valence-electron chi connectivity index (χ1n) is 11.6. The fraction of sp³-hybridized carbons (Fsp3) is 0.833. The number of rotatable bonds is 18. The van der Waals surface area contributed by atoms with E-state index in [-0.39, 0.29) is 18.0 Å². The summed E-state index contributed by atoms with van der Waals surface area (Å²) in [6.45, 7) is 5.59. The Balaban J connectivity index is 3.76. The van der Waals surface area contributed by atoms with Crippen LogP contribution in [-0.4, -0.2) is 23.1 Å². The molecule has 28 heavy (non-hydrogen) atoms. The normalized spacial score (nSPS) is 13.6. The third-order valence-electron chi connectivity index (χ3n) is 5.12. The van der Waals surface area contributed by atoms with Crippen LogP contribution in [0.25, 0.3) is 0 Å². The van der Waals surface area contributed by atoms with Gasteiger partial charge in [-0.25, -0.2) is 0 Å². The summed E-state index contributed by atoms with van der Waals surface area (Å²) in [6.07, 6.45) is 19.7. The van der Waals surface area contributed by atoms with Gasteiger partial charge in [0.25, 0.3) is 0 Å². The van der Waals surface area contributed by atoms with Crippen molar-refractivity contribution in [2.24, 2.45) is 5.92 Å². The van der Waals surface area contributed by atoms with Crippen LogP contribution in [0.2, 0.25) is 0 Å². The van der Waals surface area contributed by atoms with Gasteiger partial charge in [-0.1, -0.05) is 83.8 Å². The SMILES string of the molecule is CCCCCC[C@@H](O)CC=CCCCCCCC(CCCC)C(=O)OC(C)=O. The van der Waals surface area contributed by atoms with Crippen LogP contribution >= 0.6 is 0 Å². The Kier molecular flexibility index (Phi) is 18.4. The highest BCUT2D eigenvalue weighted by Gasteiger charge is 2.20. The molecule has 164 valence electrons. The Labute approximate surface area is 173 Å². The van der Waals surface area contributed by atoms with Gasteiger partial charge in [-0.2, -0.15) is 0 Å². The molecule has 0 fully saturated rings. The van der Waals surface area contributed by atoms with E-state index in [1.807, 2.05) is 0 Å². The number of aliphatic hydroxyl groups is 1. The zero-order valence-corrected chi connectivity index (χ0v) is 18.6. The highest BCUT2D eigenvalue weighted by molar-refractivity contribution is 5.85. The molecule has 0 amide bonds. The molecule has 2 atom stereocenters. The second kappa shape index (κ2) is 19.2. The topological polar surface area (TPSA) is 63.6 Å². The first kappa shape index (κ1) is 26.8. The van der Waals surface area contributed by atoms with E-state index in [1.165, 1.54) is 26.2 Å². The van der Waals surface area contributed by atoms with Crippen molar-refractivity contribution in [2.75, 3.05) is 0 Å². The quantitative estimate of drug-likeness (QED) is 0.124. The minimum Gasteiger partial charge on any atom is -0.393 e. The minimum atomic E-state index is -0.510. The molecule has 4 nitrogen and oxygen atoms in total. The zero-order chi connectivity index (χ0) is 21.0. The van der Waals surface area contributed by atoms with Gasteiger partial charge in [0.05, 0.1) is 12.0 Å². The van der Waals surface area contributed by atoms with Crippen molar-refractivity contribution in [3.8, 4) is 0 Å². The molecule has 0 rings (SSSR count). The largest absolute Gasteiger partial charge is 0.393 e. The average molecular weight is 397 g/mol. The summed E-state index contributed by atoms with van der Waals surface area (Å²) in [5.41, 5.74) is 0. The van der Waals surface area contributed by atoms with Crippen molar-refractivity contribution < 1.29 is 19.4 Å². The van der Waals surface area contributed by atoms with Crippen molar-refractivity contribution >= 4 is 11.9 Å². The van der Waals surface area contributed by atoms with Gasteiger partial charge in [0.1, 0.15) is 0 Å². The Morgan fingerprint density at radius 1 is 0.821 bits per heavy atom. The maximum absolute atomic E-state index is 12.0. The van der Waals surface area contributed by atoms with Gasteiger partial charge in [0.15, 0.2) is 0 Å². The zero-order valence-electron chi connectivity index (χ0n) is 18.6. The Morgan fingerprint density at radius 3 is 2.11 bits per heavy atom. The summed E-state index contributed by atoms with van der Waals surface area (Å²) in [5.74, 6) is -0.996. The molecule has 0 bridgehead atoms. The molecule has 1 unspecified atom stereocenters. The van der Waals surface area contributed by atoms with Crippen LogP contribution in [0.15, 0.2) is 12.2 Å². The molecular formula is C24H44O4. The summed E-state index contributed by atoms with van der Waals surface area (Å²) >= 11 is 0. The molecule has 1 N–H and O–H groups in total. The second-order valence-corrected chi connectivity index (χ2v) is 7.95. The van der Waals surface area contributed by atoms with Gasteiger partial charge in [0, 0.05) is 6.92 Å². The molecule has 0 saturated carbocycles. The summed E-state index contributed by atoms with van der Waals surface area (Å²) < 4.78 is 4.78. The van der Waals surface area contributed by atoms with Gasteiger partial charge in [0.2, 0.25) is 0 Å². The fourth-order valence-electron chi connectivity index (χ4n) is 3.36. The molecular weight excluding hydrogens is 352 g/mol. The fourth-order valence-corrected chi connectivity index (χ4v) is 3.36. The van der Waals surface area contributed by atoms with Crippen LogP contribution in [0.5, 0.6) is 0 Å². The van der Waals surface area contributed by atoms with Crippen molar-refractivity contribution in [3.05, 3.63) is 12.2 Å². The van der Waals surface area contributed by atoms with E-state index >= 15 is 0 Å². The van der Waals surface area contributed by atoms with Crippen LogP contribution in [-0.2, 0) is 14.3 Å².